The number of nitrogens with zero attached hydrogens (tertiary/aromatic N) is 1. The summed E-state index contributed by atoms with van der Waals surface area (Å²) in [4.78, 5) is 24.4. The number of amides is 2. The third-order valence-electron chi connectivity index (χ3n) is 3.50. The molecule has 1 atom stereocenters. The fraction of sp³-hybridized carbons (Fsp3) is 0.278. The quantitative estimate of drug-likeness (QED) is 0.718. The first-order chi connectivity index (χ1) is 12.0. The number of carbonyl (C=O) groups excluding carboxylic acids is 2. The van der Waals surface area contributed by atoms with Crippen LogP contribution in [0.4, 0.5) is 11.4 Å². The Morgan fingerprint density at radius 1 is 1.28 bits per heavy atom. The highest BCUT2D eigenvalue weighted by Crippen LogP contribution is 2.23. The molecule has 3 N–H and O–H groups in total. The predicted molar refractivity (Wildman–Crippen MR) is 94.2 cm³/mol. The molecule has 1 aromatic carbocycles. The number of nitriles is 1. The number of hydrogen-bond donors (Lipinski definition) is 3. The van der Waals surface area contributed by atoms with E-state index in [0.717, 1.165) is 18.7 Å². The van der Waals surface area contributed by atoms with E-state index in [1.54, 1.807) is 25.1 Å². The number of furan rings is 1. The molecule has 0 radical (unpaired) electrons. The van der Waals surface area contributed by atoms with Crippen LogP contribution in [0.1, 0.15) is 36.2 Å². The van der Waals surface area contributed by atoms with Crippen molar-refractivity contribution in [3.8, 4) is 6.07 Å². The largest absolute Gasteiger partial charge is 0.472 e. The maximum Gasteiger partial charge on any atom is 0.255 e. The minimum absolute atomic E-state index is 0.344. The third-order valence-corrected chi connectivity index (χ3v) is 3.50. The second kappa shape index (κ2) is 8.55. The Kier molecular flexibility index (Phi) is 6.18. The van der Waals surface area contributed by atoms with Crippen molar-refractivity contribution in [3.05, 3.63) is 47.9 Å². The number of carbonyl (C=O) groups is 2. The number of hydrogen-bond acceptors (Lipinski definition) is 5. The molecular weight excluding hydrogens is 320 g/mol. The zero-order valence-corrected chi connectivity index (χ0v) is 14.1. The van der Waals surface area contributed by atoms with Gasteiger partial charge in [0.2, 0.25) is 5.91 Å². The van der Waals surface area contributed by atoms with Gasteiger partial charge in [0, 0.05) is 6.54 Å². The van der Waals surface area contributed by atoms with E-state index < -0.39 is 11.9 Å². The molecule has 7 nitrogen and oxygen atoms in total. The highest BCUT2D eigenvalue weighted by atomic mass is 16.3. The number of anilines is 2. The van der Waals surface area contributed by atoms with Crippen molar-refractivity contribution in [1.82, 2.24) is 5.32 Å². The first-order valence-corrected chi connectivity index (χ1v) is 7.97. The lowest BCUT2D eigenvalue weighted by Crippen LogP contribution is -2.41. The highest BCUT2D eigenvalue weighted by Gasteiger charge is 2.18. The van der Waals surface area contributed by atoms with E-state index in [-0.39, 0.29) is 5.91 Å². The number of rotatable bonds is 7. The lowest BCUT2D eigenvalue weighted by Gasteiger charge is -2.17. The molecule has 1 aromatic heterocycles. The molecule has 0 aliphatic rings. The Bertz CT molecular complexity index is 778. The first kappa shape index (κ1) is 18.1. The summed E-state index contributed by atoms with van der Waals surface area (Å²) in [6.45, 7) is 4.35. The van der Waals surface area contributed by atoms with Crippen LogP contribution in [-0.2, 0) is 4.79 Å². The Hall–Kier alpha value is -3.27. The Labute approximate surface area is 146 Å². The van der Waals surface area contributed by atoms with Crippen LogP contribution in [0.5, 0.6) is 0 Å². The number of benzene rings is 1. The molecule has 0 saturated carbocycles. The SMILES string of the molecule is CCCNc1ccc(C#N)cc1NC(=O)[C@H](C)NC(=O)c1ccoc1. The van der Waals surface area contributed by atoms with Gasteiger partial charge < -0.3 is 20.4 Å². The van der Waals surface area contributed by atoms with Gasteiger partial charge in [-0.3, -0.25) is 9.59 Å². The van der Waals surface area contributed by atoms with Gasteiger partial charge in [-0.2, -0.15) is 5.26 Å². The maximum absolute atomic E-state index is 12.4. The molecule has 0 bridgehead atoms. The normalized spacial score (nSPS) is 11.2. The molecule has 0 aliphatic carbocycles. The van der Waals surface area contributed by atoms with Crippen LogP contribution in [0.2, 0.25) is 0 Å². The van der Waals surface area contributed by atoms with Crippen LogP contribution < -0.4 is 16.0 Å². The van der Waals surface area contributed by atoms with Gasteiger partial charge in [0.25, 0.3) is 5.91 Å². The summed E-state index contributed by atoms with van der Waals surface area (Å²) in [6.07, 6.45) is 3.62. The molecular formula is C18H20N4O3. The fourth-order valence-electron chi connectivity index (χ4n) is 2.11. The van der Waals surface area contributed by atoms with Gasteiger partial charge in [-0.1, -0.05) is 6.92 Å². The van der Waals surface area contributed by atoms with Crippen LogP contribution in [0.3, 0.4) is 0 Å². The van der Waals surface area contributed by atoms with Crippen molar-refractivity contribution in [3.63, 3.8) is 0 Å². The van der Waals surface area contributed by atoms with Gasteiger partial charge in [0.15, 0.2) is 0 Å². The van der Waals surface area contributed by atoms with Gasteiger partial charge >= 0.3 is 0 Å². The molecule has 0 aliphatic heterocycles. The van der Waals surface area contributed by atoms with E-state index >= 15 is 0 Å². The van der Waals surface area contributed by atoms with Crippen molar-refractivity contribution in [2.24, 2.45) is 0 Å². The van der Waals surface area contributed by atoms with E-state index in [1.807, 2.05) is 13.0 Å². The number of nitrogens with one attached hydrogen (secondary N) is 3. The van der Waals surface area contributed by atoms with Crippen molar-refractivity contribution in [2.45, 2.75) is 26.3 Å². The van der Waals surface area contributed by atoms with Crippen LogP contribution in [0.25, 0.3) is 0 Å². The summed E-state index contributed by atoms with van der Waals surface area (Å²) in [6, 6.07) is 7.83. The fourth-order valence-corrected chi connectivity index (χ4v) is 2.11. The molecule has 0 spiro atoms. The Morgan fingerprint density at radius 2 is 2.08 bits per heavy atom. The Morgan fingerprint density at radius 3 is 2.72 bits per heavy atom. The second-order valence-corrected chi connectivity index (χ2v) is 5.50. The average Bonchev–Trinajstić information content (AvgIpc) is 3.15. The summed E-state index contributed by atoms with van der Waals surface area (Å²) in [5.41, 5.74) is 2.01. The molecule has 1 heterocycles. The van der Waals surface area contributed by atoms with Gasteiger partial charge in [0.1, 0.15) is 12.3 Å². The lowest BCUT2D eigenvalue weighted by atomic mass is 10.1. The molecule has 2 aromatic rings. The van der Waals surface area contributed by atoms with Crippen molar-refractivity contribution in [1.29, 1.82) is 5.26 Å². The molecule has 130 valence electrons. The monoisotopic (exact) mass is 340 g/mol. The van der Waals surface area contributed by atoms with Crippen LogP contribution in [-0.4, -0.2) is 24.4 Å². The molecule has 0 saturated heterocycles. The van der Waals surface area contributed by atoms with Crippen LogP contribution in [0, 0.1) is 11.3 Å². The van der Waals surface area contributed by atoms with E-state index in [9.17, 15) is 9.59 Å². The summed E-state index contributed by atoms with van der Waals surface area (Å²) in [7, 11) is 0. The van der Waals surface area contributed by atoms with Gasteiger partial charge in [-0.15, -0.1) is 0 Å². The zero-order valence-electron chi connectivity index (χ0n) is 14.1. The molecule has 0 fully saturated rings. The van der Waals surface area contributed by atoms with Crippen LogP contribution >= 0.6 is 0 Å². The van der Waals surface area contributed by atoms with Crippen molar-refractivity contribution < 1.29 is 14.0 Å². The Balaban J connectivity index is 2.07. The van der Waals surface area contributed by atoms with Crippen LogP contribution in [0.15, 0.2) is 41.2 Å². The molecule has 0 unspecified atom stereocenters. The third kappa shape index (κ3) is 4.85. The minimum Gasteiger partial charge on any atom is -0.472 e. The van der Waals surface area contributed by atoms with Crippen molar-refractivity contribution in [2.75, 3.05) is 17.2 Å². The standard InChI is InChI=1S/C18H20N4O3/c1-3-7-20-15-5-4-13(10-19)9-16(15)22-17(23)12(2)21-18(24)14-6-8-25-11-14/h4-6,8-9,11-12,20H,3,7H2,1-2H3,(H,21,24)(H,22,23)/t12-/m0/s1. The summed E-state index contributed by atoms with van der Waals surface area (Å²) >= 11 is 0. The predicted octanol–water partition coefficient (Wildman–Crippen LogP) is 2.73. The smallest absolute Gasteiger partial charge is 0.255 e. The summed E-state index contributed by atoms with van der Waals surface area (Å²) in [5, 5.41) is 17.6. The van der Waals surface area contributed by atoms with Gasteiger partial charge in [-0.25, -0.2) is 0 Å². The van der Waals surface area contributed by atoms with E-state index in [4.69, 9.17) is 9.68 Å². The first-order valence-electron chi connectivity index (χ1n) is 7.97. The van der Waals surface area contributed by atoms with Crippen molar-refractivity contribution >= 4 is 23.2 Å². The summed E-state index contributed by atoms with van der Waals surface area (Å²) < 4.78 is 4.85. The zero-order chi connectivity index (χ0) is 18.2. The van der Waals surface area contributed by atoms with E-state index in [0.29, 0.717) is 16.8 Å². The maximum atomic E-state index is 12.4. The van der Waals surface area contributed by atoms with Gasteiger partial charge in [-0.05, 0) is 37.6 Å². The summed E-state index contributed by atoms with van der Waals surface area (Å²) in [5.74, 6) is -0.780. The molecule has 25 heavy (non-hydrogen) atoms. The average molecular weight is 340 g/mol. The second-order valence-electron chi connectivity index (χ2n) is 5.50. The van der Waals surface area contributed by atoms with E-state index in [1.165, 1.54) is 18.6 Å². The molecule has 7 heteroatoms. The minimum atomic E-state index is -0.757. The molecule has 2 amide bonds. The lowest BCUT2D eigenvalue weighted by molar-refractivity contribution is -0.117. The van der Waals surface area contributed by atoms with E-state index in [2.05, 4.69) is 16.0 Å². The highest BCUT2D eigenvalue weighted by molar-refractivity contribution is 6.02. The molecule has 2 rings (SSSR count). The topological polar surface area (TPSA) is 107 Å². The van der Waals surface area contributed by atoms with Gasteiger partial charge in [0.05, 0.1) is 34.8 Å².